The number of sulfonamides is 1. The third kappa shape index (κ3) is 6.50. The van der Waals surface area contributed by atoms with E-state index in [4.69, 9.17) is 10.2 Å². The van der Waals surface area contributed by atoms with Gasteiger partial charge in [-0.1, -0.05) is 0 Å². The Kier molecular flexibility index (Phi) is 4.89. The van der Waals surface area contributed by atoms with Gasteiger partial charge in [-0.2, -0.15) is 0 Å². The molecule has 0 saturated carbocycles. The summed E-state index contributed by atoms with van der Waals surface area (Å²) in [5.41, 5.74) is 0. The average molecular weight is 211 g/mol. The third-order valence-electron chi connectivity index (χ3n) is 1.24. The van der Waals surface area contributed by atoms with E-state index >= 15 is 0 Å². The summed E-state index contributed by atoms with van der Waals surface area (Å²) in [6.45, 7) is 1.17. The number of carboxylic acid groups (broad SMARTS) is 1. The maximum atomic E-state index is 11.0. The van der Waals surface area contributed by atoms with Crippen molar-refractivity contribution in [1.82, 2.24) is 4.72 Å². The molecule has 0 aromatic heterocycles. The lowest BCUT2D eigenvalue weighted by Gasteiger charge is -2.10. The monoisotopic (exact) mass is 211 g/mol. The van der Waals surface area contributed by atoms with Crippen LogP contribution in [-0.2, 0) is 14.8 Å². The van der Waals surface area contributed by atoms with Crippen LogP contribution in [-0.4, -0.2) is 43.0 Å². The van der Waals surface area contributed by atoms with Crippen LogP contribution in [0.1, 0.15) is 13.3 Å². The Morgan fingerprint density at radius 3 is 2.46 bits per heavy atom. The molecular formula is C6H13NO5S. The van der Waals surface area contributed by atoms with Crippen molar-refractivity contribution >= 4 is 16.0 Å². The van der Waals surface area contributed by atoms with Crippen LogP contribution in [0.25, 0.3) is 0 Å². The first-order valence-corrected chi connectivity index (χ1v) is 5.35. The first kappa shape index (κ1) is 12.3. The molecule has 0 amide bonds. The van der Waals surface area contributed by atoms with Gasteiger partial charge < -0.3 is 10.2 Å². The highest BCUT2D eigenvalue weighted by atomic mass is 32.2. The van der Waals surface area contributed by atoms with Crippen molar-refractivity contribution in [3.8, 4) is 0 Å². The Balaban J connectivity index is 4.02. The first-order chi connectivity index (χ1) is 5.87. The van der Waals surface area contributed by atoms with Crippen molar-refractivity contribution in [2.24, 2.45) is 0 Å². The molecule has 0 saturated heterocycles. The van der Waals surface area contributed by atoms with Gasteiger partial charge >= 0.3 is 5.97 Å². The van der Waals surface area contributed by atoms with Gasteiger partial charge in [-0.05, 0) is 6.92 Å². The van der Waals surface area contributed by atoms with E-state index in [9.17, 15) is 13.2 Å². The van der Waals surface area contributed by atoms with Crippen LogP contribution < -0.4 is 4.72 Å². The summed E-state index contributed by atoms with van der Waals surface area (Å²) in [4.78, 5) is 10.1. The number of nitrogens with one attached hydrogen (secondary N) is 1. The molecular weight excluding hydrogens is 198 g/mol. The molecule has 7 heteroatoms. The van der Waals surface area contributed by atoms with Gasteiger partial charge in [0.05, 0.1) is 18.8 Å². The summed E-state index contributed by atoms with van der Waals surface area (Å²) in [6.07, 6.45) is -0.437. The van der Waals surface area contributed by atoms with Crippen molar-refractivity contribution in [3.05, 3.63) is 0 Å². The van der Waals surface area contributed by atoms with Crippen LogP contribution in [0.5, 0.6) is 0 Å². The molecule has 13 heavy (non-hydrogen) atoms. The summed E-state index contributed by atoms with van der Waals surface area (Å²) in [5, 5.41) is 16.8. The summed E-state index contributed by atoms with van der Waals surface area (Å²) in [7, 11) is -3.58. The second-order valence-electron chi connectivity index (χ2n) is 2.66. The van der Waals surface area contributed by atoms with E-state index in [2.05, 4.69) is 4.72 Å². The Morgan fingerprint density at radius 2 is 2.08 bits per heavy atom. The van der Waals surface area contributed by atoms with E-state index in [0.717, 1.165) is 0 Å². The predicted octanol–water partition coefficient (Wildman–Crippen LogP) is -1.24. The topological polar surface area (TPSA) is 104 Å². The van der Waals surface area contributed by atoms with E-state index in [1.165, 1.54) is 6.92 Å². The maximum Gasteiger partial charge on any atom is 0.304 e. The Bertz CT molecular complexity index is 260. The zero-order chi connectivity index (χ0) is 10.5. The van der Waals surface area contributed by atoms with E-state index < -0.39 is 34.2 Å². The van der Waals surface area contributed by atoms with E-state index in [1.54, 1.807) is 0 Å². The zero-order valence-corrected chi connectivity index (χ0v) is 8.04. The van der Waals surface area contributed by atoms with Crippen molar-refractivity contribution in [2.75, 3.05) is 12.4 Å². The molecule has 0 unspecified atom stereocenters. The number of aliphatic hydroxyl groups is 1. The molecule has 0 bridgehead atoms. The first-order valence-electron chi connectivity index (χ1n) is 3.70. The number of hydrogen-bond acceptors (Lipinski definition) is 4. The quantitative estimate of drug-likeness (QED) is 0.510. The summed E-state index contributed by atoms with van der Waals surface area (Å²) in [5.74, 6) is -1.63. The van der Waals surface area contributed by atoms with Crippen molar-refractivity contribution < 1.29 is 23.4 Å². The van der Waals surface area contributed by atoms with Gasteiger partial charge in [0.25, 0.3) is 0 Å². The highest BCUT2D eigenvalue weighted by Crippen LogP contribution is 1.92. The largest absolute Gasteiger partial charge is 0.481 e. The summed E-state index contributed by atoms with van der Waals surface area (Å²) >= 11 is 0. The Labute approximate surface area is 76.6 Å². The summed E-state index contributed by atoms with van der Waals surface area (Å²) in [6, 6.07) is -0.584. The minimum Gasteiger partial charge on any atom is -0.481 e. The predicted molar refractivity (Wildman–Crippen MR) is 45.7 cm³/mol. The second kappa shape index (κ2) is 5.15. The third-order valence-corrected chi connectivity index (χ3v) is 2.74. The number of aliphatic carboxylic acids is 1. The number of carboxylic acids is 1. The smallest absolute Gasteiger partial charge is 0.304 e. The molecule has 0 aromatic carbocycles. The highest BCUT2D eigenvalue weighted by molar-refractivity contribution is 7.89. The van der Waals surface area contributed by atoms with E-state index in [-0.39, 0.29) is 6.61 Å². The Morgan fingerprint density at radius 1 is 1.54 bits per heavy atom. The molecule has 0 spiro atoms. The minimum absolute atomic E-state index is 0.313. The molecule has 0 aliphatic rings. The van der Waals surface area contributed by atoms with Crippen molar-refractivity contribution in [1.29, 1.82) is 0 Å². The fourth-order valence-electron chi connectivity index (χ4n) is 0.624. The lowest BCUT2D eigenvalue weighted by Crippen LogP contribution is -2.37. The fraction of sp³-hybridized carbons (Fsp3) is 0.833. The fourth-order valence-corrected chi connectivity index (χ4v) is 1.87. The number of aliphatic hydroxyl groups excluding tert-OH is 1. The van der Waals surface area contributed by atoms with Gasteiger partial charge in [-0.3, -0.25) is 4.79 Å². The molecule has 0 aromatic rings. The number of rotatable bonds is 6. The lowest BCUT2D eigenvalue weighted by atomic mass is 10.4. The highest BCUT2D eigenvalue weighted by Gasteiger charge is 2.15. The van der Waals surface area contributed by atoms with Crippen LogP contribution in [0.2, 0.25) is 0 Å². The van der Waals surface area contributed by atoms with Gasteiger partial charge in [-0.25, -0.2) is 13.1 Å². The average Bonchev–Trinajstić information content (AvgIpc) is 2.00. The van der Waals surface area contributed by atoms with Gasteiger partial charge in [-0.15, -0.1) is 0 Å². The van der Waals surface area contributed by atoms with Gasteiger partial charge in [0.2, 0.25) is 10.0 Å². The van der Waals surface area contributed by atoms with Crippen molar-refractivity contribution in [2.45, 2.75) is 19.4 Å². The molecule has 0 radical (unpaired) electrons. The number of hydrogen-bond donors (Lipinski definition) is 3. The van der Waals surface area contributed by atoms with Crippen LogP contribution in [0.4, 0.5) is 0 Å². The molecule has 0 aliphatic heterocycles. The molecule has 0 fully saturated rings. The van der Waals surface area contributed by atoms with E-state index in [1.807, 2.05) is 0 Å². The van der Waals surface area contributed by atoms with Gasteiger partial charge in [0.15, 0.2) is 0 Å². The van der Waals surface area contributed by atoms with Crippen LogP contribution in [0.15, 0.2) is 0 Å². The molecule has 0 aliphatic carbocycles. The van der Waals surface area contributed by atoms with Gasteiger partial charge in [0, 0.05) is 6.04 Å². The molecule has 0 heterocycles. The SMILES string of the molecule is C[C@H](CO)NS(=O)(=O)CCC(=O)O. The van der Waals surface area contributed by atoms with Crippen LogP contribution in [0.3, 0.4) is 0 Å². The maximum absolute atomic E-state index is 11.0. The zero-order valence-electron chi connectivity index (χ0n) is 7.23. The molecule has 1 atom stereocenters. The minimum atomic E-state index is -3.58. The molecule has 6 nitrogen and oxygen atoms in total. The molecule has 0 rings (SSSR count). The molecule has 78 valence electrons. The van der Waals surface area contributed by atoms with E-state index in [0.29, 0.717) is 0 Å². The normalized spacial score (nSPS) is 14.0. The molecule has 3 N–H and O–H groups in total. The van der Waals surface area contributed by atoms with Crippen molar-refractivity contribution in [3.63, 3.8) is 0 Å². The standard InChI is InChI=1S/C6H13NO5S/c1-5(4-8)7-13(11,12)3-2-6(9)10/h5,7-8H,2-4H2,1H3,(H,9,10)/t5-/m1/s1. The lowest BCUT2D eigenvalue weighted by molar-refractivity contribution is -0.136. The Hall–Kier alpha value is -0.660. The van der Waals surface area contributed by atoms with Crippen LogP contribution >= 0.6 is 0 Å². The second-order valence-corrected chi connectivity index (χ2v) is 4.54. The number of carbonyl (C=O) groups is 1. The van der Waals surface area contributed by atoms with Crippen LogP contribution in [0, 0.1) is 0 Å². The van der Waals surface area contributed by atoms with Gasteiger partial charge in [0.1, 0.15) is 0 Å². The summed E-state index contributed by atoms with van der Waals surface area (Å²) < 4.78 is 24.2.